The molecule has 2 aromatic heterocycles. The van der Waals surface area contributed by atoms with Crippen LogP contribution in [0.2, 0.25) is 0 Å². The first-order valence-electron chi connectivity index (χ1n) is 5.68. The Balaban J connectivity index is 2.55. The van der Waals surface area contributed by atoms with Gasteiger partial charge in [0.25, 0.3) is 0 Å². The lowest BCUT2D eigenvalue weighted by Gasteiger charge is -2.04. The van der Waals surface area contributed by atoms with Gasteiger partial charge in [0.2, 0.25) is 0 Å². The summed E-state index contributed by atoms with van der Waals surface area (Å²) in [6.45, 7) is 1.74. The van der Waals surface area contributed by atoms with Crippen LogP contribution in [0.25, 0.3) is 10.7 Å². The largest absolute Gasteiger partial charge is 0.434 e. The topological polar surface area (TPSA) is 51.8 Å². The van der Waals surface area contributed by atoms with E-state index in [-0.39, 0.29) is 16.4 Å². The maximum absolute atomic E-state index is 12.8. The zero-order valence-electron chi connectivity index (χ0n) is 10.2. The van der Waals surface area contributed by atoms with Crippen molar-refractivity contribution in [3.8, 4) is 10.7 Å². The third-order valence-electron chi connectivity index (χ3n) is 2.63. The van der Waals surface area contributed by atoms with Gasteiger partial charge in [0.15, 0.2) is 5.69 Å². The molecule has 2 N–H and O–H groups in total. The fraction of sp³-hybridized carbons (Fsp3) is 0.333. The van der Waals surface area contributed by atoms with E-state index in [1.165, 1.54) is 0 Å². The average molecular weight is 287 g/mol. The van der Waals surface area contributed by atoms with Crippen LogP contribution in [-0.4, -0.2) is 9.97 Å². The van der Waals surface area contributed by atoms with Gasteiger partial charge in [0.1, 0.15) is 10.7 Å². The van der Waals surface area contributed by atoms with Gasteiger partial charge in [-0.25, -0.2) is 4.98 Å². The van der Waals surface area contributed by atoms with E-state index in [1.807, 2.05) is 13.0 Å². The number of aromatic nitrogens is 2. The van der Waals surface area contributed by atoms with Gasteiger partial charge in [-0.05, 0) is 18.1 Å². The van der Waals surface area contributed by atoms with Gasteiger partial charge in [-0.2, -0.15) is 13.2 Å². The van der Waals surface area contributed by atoms with Crippen molar-refractivity contribution < 1.29 is 13.2 Å². The number of nitrogens with two attached hydrogens (primary N) is 1. The molecule has 0 spiro atoms. The number of rotatable bonds is 3. The predicted molar refractivity (Wildman–Crippen MR) is 67.6 cm³/mol. The molecule has 7 heteroatoms. The summed E-state index contributed by atoms with van der Waals surface area (Å²) in [5, 5.41) is 0.269. The second-order valence-corrected chi connectivity index (χ2v) is 4.94. The minimum atomic E-state index is -4.48. The first kappa shape index (κ1) is 14.0. The summed E-state index contributed by atoms with van der Waals surface area (Å²) < 4.78 is 38.4. The molecule has 0 bridgehead atoms. The molecular formula is C12H12F3N3S. The number of halogens is 3. The predicted octanol–water partition coefficient (Wildman–Crippen LogP) is 3.25. The van der Waals surface area contributed by atoms with E-state index in [0.717, 1.165) is 16.9 Å². The fourth-order valence-electron chi connectivity index (χ4n) is 1.73. The van der Waals surface area contributed by atoms with Crippen LogP contribution >= 0.6 is 11.3 Å². The smallest absolute Gasteiger partial charge is 0.326 e. The number of nitrogens with zero attached hydrogens (tertiary/aromatic N) is 2. The summed E-state index contributed by atoms with van der Waals surface area (Å²) >= 11 is 0.950. The highest BCUT2D eigenvalue weighted by Crippen LogP contribution is 2.37. The highest BCUT2D eigenvalue weighted by Gasteiger charge is 2.37. The standard InChI is InChI=1S/C12H12F3N3S/c1-2-7-4-3-5-17-9(7)11-18-10(12(13,14)15)8(6-16)19-11/h3-5H,2,6,16H2,1H3. The number of pyridine rings is 1. The van der Waals surface area contributed by atoms with Gasteiger partial charge in [-0.15, -0.1) is 11.3 Å². The summed E-state index contributed by atoms with van der Waals surface area (Å²) in [6, 6.07) is 3.59. The molecule has 2 rings (SSSR count). The minimum absolute atomic E-state index is 0.0372. The van der Waals surface area contributed by atoms with Crippen molar-refractivity contribution in [1.82, 2.24) is 9.97 Å². The Hall–Kier alpha value is -1.47. The Bertz CT molecular complexity index is 578. The van der Waals surface area contributed by atoms with Crippen LogP contribution in [0.1, 0.15) is 23.1 Å². The van der Waals surface area contributed by atoms with Crippen molar-refractivity contribution in [3.63, 3.8) is 0 Å². The van der Waals surface area contributed by atoms with Crippen LogP contribution in [0.15, 0.2) is 18.3 Å². The van der Waals surface area contributed by atoms with E-state index < -0.39 is 11.9 Å². The molecule has 0 amide bonds. The van der Waals surface area contributed by atoms with E-state index in [9.17, 15) is 13.2 Å². The van der Waals surface area contributed by atoms with Crippen LogP contribution in [0, 0.1) is 0 Å². The molecule has 0 fully saturated rings. The summed E-state index contributed by atoms with van der Waals surface area (Å²) in [5.74, 6) is 0. The van der Waals surface area contributed by atoms with Crippen LogP contribution in [0.3, 0.4) is 0 Å². The molecule has 3 nitrogen and oxygen atoms in total. The Morgan fingerprint density at radius 3 is 2.63 bits per heavy atom. The van der Waals surface area contributed by atoms with Gasteiger partial charge >= 0.3 is 6.18 Å². The molecule has 0 atom stereocenters. The Labute approximate surface area is 112 Å². The third kappa shape index (κ3) is 2.76. The molecule has 0 unspecified atom stereocenters. The van der Waals surface area contributed by atoms with Gasteiger partial charge in [-0.3, -0.25) is 4.98 Å². The molecular weight excluding hydrogens is 275 g/mol. The Morgan fingerprint density at radius 2 is 2.11 bits per heavy atom. The van der Waals surface area contributed by atoms with Crippen LogP contribution in [0.5, 0.6) is 0 Å². The van der Waals surface area contributed by atoms with Crippen molar-refractivity contribution in [2.45, 2.75) is 26.1 Å². The molecule has 0 saturated heterocycles. The number of hydrogen-bond donors (Lipinski definition) is 1. The number of thiazole rings is 1. The summed E-state index contributed by atoms with van der Waals surface area (Å²) in [6.07, 6.45) is -2.25. The van der Waals surface area contributed by atoms with Gasteiger partial charge < -0.3 is 5.73 Å². The molecule has 2 aromatic rings. The zero-order valence-corrected chi connectivity index (χ0v) is 11.0. The van der Waals surface area contributed by atoms with E-state index in [0.29, 0.717) is 12.1 Å². The van der Waals surface area contributed by atoms with E-state index in [4.69, 9.17) is 5.73 Å². The SMILES string of the molecule is CCc1cccnc1-c1nc(C(F)(F)F)c(CN)s1. The lowest BCUT2D eigenvalue weighted by atomic mass is 10.1. The monoisotopic (exact) mass is 287 g/mol. The molecule has 0 aliphatic carbocycles. The van der Waals surface area contributed by atoms with E-state index in [2.05, 4.69) is 9.97 Å². The number of hydrogen-bond acceptors (Lipinski definition) is 4. The number of alkyl halides is 3. The molecule has 0 saturated carbocycles. The van der Waals surface area contributed by atoms with Crippen molar-refractivity contribution in [2.24, 2.45) is 5.73 Å². The average Bonchev–Trinajstić information content (AvgIpc) is 2.82. The van der Waals surface area contributed by atoms with Crippen molar-refractivity contribution in [3.05, 3.63) is 34.5 Å². The number of aryl methyl sites for hydroxylation is 1. The highest BCUT2D eigenvalue weighted by molar-refractivity contribution is 7.15. The maximum atomic E-state index is 12.8. The van der Waals surface area contributed by atoms with Gasteiger partial charge in [0, 0.05) is 12.7 Å². The second-order valence-electron chi connectivity index (χ2n) is 3.86. The molecule has 0 aliphatic rings. The molecule has 2 heterocycles. The molecule has 19 heavy (non-hydrogen) atoms. The van der Waals surface area contributed by atoms with Crippen molar-refractivity contribution in [2.75, 3.05) is 0 Å². The van der Waals surface area contributed by atoms with Gasteiger partial charge in [-0.1, -0.05) is 13.0 Å². The van der Waals surface area contributed by atoms with Crippen molar-refractivity contribution in [1.29, 1.82) is 0 Å². The Morgan fingerprint density at radius 1 is 1.37 bits per heavy atom. The molecule has 0 radical (unpaired) electrons. The molecule has 102 valence electrons. The maximum Gasteiger partial charge on any atom is 0.434 e. The van der Waals surface area contributed by atoms with E-state index >= 15 is 0 Å². The lowest BCUT2D eigenvalue weighted by Crippen LogP contribution is -2.10. The third-order valence-corrected chi connectivity index (χ3v) is 3.71. The van der Waals surface area contributed by atoms with Crippen LogP contribution < -0.4 is 5.73 Å². The zero-order chi connectivity index (χ0) is 14.0. The quantitative estimate of drug-likeness (QED) is 0.942. The first-order chi connectivity index (χ1) is 8.97. The normalized spacial score (nSPS) is 11.8. The molecule has 0 aromatic carbocycles. The lowest BCUT2D eigenvalue weighted by molar-refractivity contribution is -0.141. The first-order valence-corrected chi connectivity index (χ1v) is 6.50. The highest BCUT2D eigenvalue weighted by atomic mass is 32.1. The molecule has 0 aliphatic heterocycles. The Kier molecular flexibility index (Phi) is 3.86. The summed E-state index contributed by atoms with van der Waals surface area (Å²) in [5.41, 5.74) is 5.83. The fourth-order valence-corrected chi connectivity index (χ4v) is 2.72. The minimum Gasteiger partial charge on any atom is -0.326 e. The summed E-state index contributed by atoms with van der Waals surface area (Å²) in [7, 11) is 0. The van der Waals surface area contributed by atoms with Crippen molar-refractivity contribution >= 4 is 11.3 Å². The summed E-state index contributed by atoms with van der Waals surface area (Å²) in [4.78, 5) is 7.85. The van der Waals surface area contributed by atoms with E-state index in [1.54, 1.807) is 12.3 Å². The van der Waals surface area contributed by atoms with Crippen LogP contribution in [-0.2, 0) is 19.1 Å². The van der Waals surface area contributed by atoms with Gasteiger partial charge in [0.05, 0.1) is 4.88 Å². The van der Waals surface area contributed by atoms with Crippen LogP contribution in [0.4, 0.5) is 13.2 Å². The second kappa shape index (κ2) is 5.26.